The van der Waals surface area contributed by atoms with Crippen LogP contribution in [0.2, 0.25) is 0 Å². The lowest BCUT2D eigenvalue weighted by atomic mass is 10.2. The Morgan fingerprint density at radius 2 is 1.86 bits per heavy atom. The smallest absolute Gasteiger partial charge is 0.227 e. The van der Waals surface area contributed by atoms with E-state index in [2.05, 4.69) is 20.3 Å². The van der Waals surface area contributed by atoms with Gasteiger partial charge in [-0.1, -0.05) is 12.8 Å². The van der Waals surface area contributed by atoms with Crippen molar-refractivity contribution in [1.29, 1.82) is 0 Å². The second-order valence-electron chi connectivity index (χ2n) is 7.74. The van der Waals surface area contributed by atoms with Gasteiger partial charge in [-0.2, -0.15) is 4.31 Å². The molecule has 0 unspecified atom stereocenters. The largest absolute Gasteiger partial charge is 0.369 e. The number of nitrogens with one attached hydrogen (secondary N) is 1. The molecule has 1 aliphatic heterocycles. The number of aromatic nitrogens is 3. The average Bonchev–Trinajstić information content (AvgIpc) is 3.24. The fourth-order valence-electron chi connectivity index (χ4n) is 4.01. The van der Waals surface area contributed by atoms with E-state index in [9.17, 15) is 8.42 Å². The molecule has 0 bridgehead atoms. The van der Waals surface area contributed by atoms with Crippen LogP contribution in [-0.2, 0) is 14.8 Å². The van der Waals surface area contributed by atoms with Gasteiger partial charge in [0.05, 0.1) is 29.4 Å². The number of ether oxygens (including phenoxy) is 1. The summed E-state index contributed by atoms with van der Waals surface area (Å²) in [6.07, 6.45) is 4.87. The summed E-state index contributed by atoms with van der Waals surface area (Å²) < 4.78 is 33.2. The van der Waals surface area contributed by atoms with E-state index in [1.165, 1.54) is 0 Å². The number of pyridine rings is 1. The highest BCUT2D eigenvalue weighted by Gasteiger charge is 2.37. The maximum atomic E-state index is 12.9. The Morgan fingerprint density at radius 1 is 1.14 bits per heavy atom. The highest BCUT2D eigenvalue weighted by Crippen LogP contribution is 2.30. The van der Waals surface area contributed by atoms with Gasteiger partial charge in [-0.05, 0) is 44.9 Å². The van der Waals surface area contributed by atoms with Gasteiger partial charge in [0.2, 0.25) is 16.0 Å². The maximum absolute atomic E-state index is 12.9. The third kappa shape index (κ3) is 4.57. The van der Waals surface area contributed by atoms with Crippen molar-refractivity contribution in [3.05, 3.63) is 41.5 Å². The first kappa shape index (κ1) is 20.2. The third-order valence-corrected chi connectivity index (χ3v) is 7.83. The molecule has 0 aromatic carbocycles. The van der Waals surface area contributed by atoms with Gasteiger partial charge >= 0.3 is 0 Å². The Bertz CT molecular complexity index is 938. The molecular weight excluding hydrogens is 390 g/mol. The number of rotatable bonds is 5. The molecule has 3 heterocycles. The molecule has 0 spiro atoms. The van der Waals surface area contributed by atoms with Crippen LogP contribution in [0.15, 0.2) is 24.4 Å². The van der Waals surface area contributed by atoms with Crippen molar-refractivity contribution in [2.24, 2.45) is 0 Å². The first-order valence-electron chi connectivity index (χ1n) is 10.1. The number of morpholine rings is 1. The maximum Gasteiger partial charge on any atom is 0.227 e. The second-order valence-corrected chi connectivity index (χ2v) is 9.95. The minimum absolute atomic E-state index is 0.237. The fourth-order valence-corrected chi connectivity index (χ4v) is 6.04. The molecule has 156 valence electrons. The first-order chi connectivity index (χ1) is 13.9. The van der Waals surface area contributed by atoms with Gasteiger partial charge in [0.25, 0.3) is 0 Å². The van der Waals surface area contributed by atoms with E-state index in [4.69, 9.17) is 4.74 Å². The zero-order valence-electron chi connectivity index (χ0n) is 16.8. The van der Waals surface area contributed by atoms with E-state index < -0.39 is 10.0 Å². The Balaban J connectivity index is 1.44. The zero-order chi connectivity index (χ0) is 20.4. The van der Waals surface area contributed by atoms with E-state index in [1.807, 2.05) is 32.0 Å². The van der Waals surface area contributed by atoms with Gasteiger partial charge in [0, 0.05) is 24.5 Å². The second kappa shape index (κ2) is 8.33. The molecule has 1 atom stereocenters. The van der Waals surface area contributed by atoms with Crippen molar-refractivity contribution in [2.75, 3.05) is 25.0 Å². The van der Waals surface area contributed by atoms with Gasteiger partial charge in [0.15, 0.2) is 0 Å². The number of nitrogens with zero attached hydrogens (tertiary/aromatic N) is 4. The summed E-state index contributed by atoms with van der Waals surface area (Å²) in [4.78, 5) is 13.2. The molecule has 0 radical (unpaired) electrons. The molecule has 1 saturated heterocycles. The summed E-state index contributed by atoms with van der Waals surface area (Å²) in [5.74, 6) is 0.528. The Kier molecular flexibility index (Phi) is 5.80. The number of anilines is 2. The summed E-state index contributed by atoms with van der Waals surface area (Å²) in [5.41, 5.74) is 3.28. The molecule has 1 N–H and O–H groups in total. The molecule has 4 rings (SSSR count). The van der Waals surface area contributed by atoms with E-state index in [0.29, 0.717) is 25.6 Å². The first-order valence-corrected chi connectivity index (χ1v) is 11.6. The molecule has 2 aromatic rings. The van der Waals surface area contributed by atoms with Crippen LogP contribution in [0.4, 0.5) is 11.6 Å². The molecule has 0 amide bonds. The molecule has 2 aromatic heterocycles. The normalized spacial score (nSPS) is 21.4. The van der Waals surface area contributed by atoms with Gasteiger partial charge in [-0.25, -0.2) is 18.4 Å². The van der Waals surface area contributed by atoms with E-state index in [0.717, 1.165) is 48.5 Å². The summed E-state index contributed by atoms with van der Waals surface area (Å²) in [6, 6.07) is 5.66. The molecule has 29 heavy (non-hydrogen) atoms. The number of hydrogen-bond donors (Lipinski definition) is 1. The molecular formula is C20H27N5O3S. The van der Waals surface area contributed by atoms with Crippen LogP contribution in [0.3, 0.4) is 0 Å². The van der Waals surface area contributed by atoms with Crippen LogP contribution >= 0.6 is 0 Å². The van der Waals surface area contributed by atoms with Crippen molar-refractivity contribution in [2.45, 2.75) is 50.9 Å². The molecule has 9 heteroatoms. The van der Waals surface area contributed by atoms with Crippen LogP contribution < -0.4 is 5.32 Å². The topological polar surface area (TPSA) is 97.3 Å². The predicted molar refractivity (Wildman–Crippen MR) is 110 cm³/mol. The predicted octanol–water partition coefficient (Wildman–Crippen LogP) is 2.88. The molecule has 2 fully saturated rings. The lowest BCUT2D eigenvalue weighted by Gasteiger charge is -2.33. The lowest BCUT2D eigenvalue weighted by Crippen LogP contribution is -2.45. The standard InChI is InChI=1S/C20H27N5O3S/c1-14-11-15(2)23-20(22-14)24-16-7-8-18(21-12-16)19-13-25(9-10-28-19)29(26,27)17-5-3-4-6-17/h7-8,11-12,17,19H,3-6,9-10,13H2,1-2H3,(H,22,23,24)/t19-/m0/s1. The zero-order valence-corrected chi connectivity index (χ0v) is 17.7. The van der Waals surface area contributed by atoms with Gasteiger partial charge in [-0.15, -0.1) is 0 Å². The summed E-state index contributed by atoms with van der Waals surface area (Å²) in [5, 5.41) is 2.92. The highest BCUT2D eigenvalue weighted by atomic mass is 32.2. The van der Waals surface area contributed by atoms with Crippen molar-refractivity contribution < 1.29 is 13.2 Å². The van der Waals surface area contributed by atoms with E-state index in [-0.39, 0.29) is 11.4 Å². The van der Waals surface area contributed by atoms with Crippen LogP contribution in [-0.4, -0.2) is 52.6 Å². The average molecular weight is 418 g/mol. The quantitative estimate of drug-likeness (QED) is 0.799. The highest BCUT2D eigenvalue weighted by molar-refractivity contribution is 7.89. The van der Waals surface area contributed by atoms with Crippen LogP contribution in [0.1, 0.15) is 48.9 Å². The fraction of sp³-hybridized carbons (Fsp3) is 0.550. The molecule has 8 nitrogen and oxygen atoms in total. The summed E-state index contributed by atoms with van der Waals surface area (Å²) >= 11 is 0. The minimum Gasteiger partial charge on any atom is -0.369 e. The van der Waals surface area contributed by atoms with Gasteiger partial charge in [0.1, 0.15) is 6.10 Å². The lowest BCUT2D eigenvalue weighted by molar-refractivity contribution is -0.00519. The summed E-state index contributed by atoms with van der Waals surface area (Å²) in [6.45, 7) is 4.96. The van der Waals surface area contributed by atoms with Crippen molar-refractivity contribution in [3.8, 4) is 0 Å². The van der Waals surface area contributed by atoms with Crippen LogP contribution in [0, 0.1) is 13.8 Å². The minimum atomic E-state index is -3.26. The van der Waals surface area contributed by atoms with Gasteiger partial charge < -0.3 is 10.1 Å². The molecule has 1 saturated carbocycles. The van der Waals surface area contributed by atoms with Crippen LogP contribution in [0.25, 0.3) is 0 Å². The van der Waals surface area contributed by atoms with Crippen molar-refractivity contribution in [3.63, 3.8) is 0 Å². The van der Waals surface area contributed by atoms with Crippen LogP contribution in [0.5, 0.6) is 0 Å². The number of sulfonamides is 1. The SMILES string of the molecule is Cc1cc(C)nc(Nc2ccc([C@@H]3CN(S(=O)(=O)C4CCCC4)CCO3)nc2)n1. The molecule has 1 aliphatic carbocycles. The Labute approximate surface area is 171 Å². The van der Waals surface area contributed by atoms with E-state index in [1.54, 1.807) is 10.5 Å². The number of aryl methyl sites for hydroxylation is 2. The Hall–Kier alpha value is -2.10. The summed E-state index contributed by atoms with van der Waals surface area (Å²) in [7, 11) is -3.26. The Morgan fingerprint density at radius 3 is 2.52 bits per heavy atom. The molecule has 2 aliphatic rings. The van der Waals surface area contributed by atoms with E-state index >= 15 is 0 Å². The van der Waals surface area contributed by atoms with Gasteiger partial charge in [-0.3, -0.25) is 4.98 Å². The third-order valence-electron chi connectivity index (χ3n) is 5.47. The number of hydrogen-bond acceptors (Lipinski definition) is 7. The van der Waals surface area contributed by atoms with Crippen molar-refractivity contribution in [1.82, 2.24) is 19.3 Å². The van der Waals surface area contributed by atoms with Crippen molar-refractivity contribution >= 4 is 21.7 Å². The monoisotopic (exact) mass is 417 g/mol.